The fraction of sp³-hybridized carbons (Fsp3) is 0.429. The molecule has 0 N–H and O–H groups in total. The van der Waals surface area contributed by atoms with Gasteiger partial charge in [0.1, 0.15) is 11.8 Å². The molecule has 1 aromatic heterocycles. The second-order valence-corrected chi connectivity index (χ2v) is 8.06. The molecular formula is C21H25N3OS. The Bertz CT molecular complexity index is 793. The van der Waals surface area contributed by atoms with E-state index in [1.165, 1.54) is 5.56 Å². The fourth-order valence-electron chi connectivity index (χ4n) is 3.75. The monoisotopic (exact) mass is 367 g/mol. The standard InChI is InChI=1S/C21H25N3OS/c1-4-16-13-26-21-23-19(18-10-5-6-11-22-18)20(24(16)21)15-8-7-9-17(12-15)25-14(2)3/h5-12,14,16,19-20H,4,13H2,1-3H3/t16-,19+,20-/m1/s1. The average Bonchev–Trinajstić information content (AvgIpc) is 3.21. The number of thioether (sulfide) groups is 1. The molecule has 5 heteroatoms. The maximum atomic E-state index is 5.94. The molecule has 0 spiro atoms. The molecule has 0 unspecified atom stereocenters. The SMILES string of the molecule is CC[C@@H]1CSC2=N[C@@H](c3ccccn3)[C@@H](c3cccc(OC(C)C)c3)N21. The number of pyridine rings is 1. The van der Waals surface area contributed by atoms with Gasteiger partial charge in [0.05, 0.1) is 17.8 Å². The Morgan fingerprint density at radius 1 is 1.23 bits per heavy atom. The van der Waals surface area contributed by atoms with Gasteiger partial charge in [0, 0.05) is 18.0 Å². The zero-order chi connectivity index (χ0) is 18.1. The summed E-state index contributed by atoms with van der Waals surface area (Å²) >= 11 is 1.87. The van der Waals surface area contributed by atoms with Crippen molar-refractivity contribution in [3.05, 3.63) is 59.9 Å². The summed E-state index contributed by atoms with van der Waals surface area (Å²) in [6.45, 7) is 6.38. The van der Waals surface area contributed by atoms with Crippen molar-refractivity contribution in [2.24, 2.45) is 4.99 Å². The van der Waals surface area contributed by atoms with Gasteiger partial charge in [-0.25, -0.2) is 0 Å². The number of ether oxygens (including phenoxy) is 1. The lowest BCUT2D eigenvalue weighted by molar-refractivity contribution is 0.237. The highest BCUT2D eigenvalue weighted by atomic mass is 32.2. The molecule has 2 aliphatic rings. The van der Waals surface area contributed by atoms with Gasteiger partial charge in [0.25, 0.3) is 0 Å². The maximum absolute atomic E-state index is 5.94. The van der Waals surface area contributed by atoms with Crippen LogP contribution >= 0.6 is 11.8 Å². The molecule has 1 fully saturated rings. The molecule has 0 saturated carbocycles. The quantitative estimate of drug-likeness (QED) is 0.757. The zero-order valence-corrected chi connectivity index (χ0v) is 16.3. The Morgan fingerprint density at radius 2 is 2.12 bits per heavy atom. The lowest BCUT2D eigenvalue weighted by Gasteiger charge is -2.32. The number of benzene rings is 1. The van der Waals surface area contributed by atoms with Crippen molar-refractivity contribution in [3.8, 4) is 5.75 Å². The third-order valence-electron chi connectivity index (χ3n) is 4.90. The van der Waals surface area contributed by atoms with Gasteiger partial charge in [-0.1, -0.05) is 36.9 Å². The van der Waals surface area contributed by atoms with E-state index >= 15 is 0 Å². The third-order valence-corrected chi connectivity index (χ3v) is 6.03. The van der Waals surface area contributed by atoms with Crippen molar-refractivity contribution in [2.75, 3.05) is 5.75 Å². The number of fused-ring (bicyclic) bond motifs is 1. The van der Waals surface area contributed by atoms with Crippen LogP contribution in [0.15, 0.2) is 53.7 Å². The van der Waals surface area contributed by atoms with Crippen LogP contribution in [0, 0.1) is 0 Å². The summed E-state index contributed by atoms with van der Waals surface area (Å²) in [5, 5.41) is 1.16. The zero-order valence-electron chi connectivity index (χ0n) is 15.5. The first-order chi connectivity index (χ1) is 12.7. The van der Waals surface area contributed by atoms with Crippen molar-refractivity contribution in [1.82, 2.24) is 9.88 Å². The molecular weight excluding hydrogens is 342 g/mol. The highest BCUT2D eigenvalue weighted by Gasteiger charge is 2.45. The first-order valence-corrected chi connectivity index (χ1v) is 10.3. The molecule has 0 bridgehead atoms. The minimum Gasteiger partial charge on any atom is -0.491 e. The molecule has 0 radical (unpaired) electrons. The Morgan fingerprint density at radius 3 is 2.85 bits per heavy atom. The van der Waals surface area contributed by atoms with Crippen LogP contribution in [0.3, 0.4) is 0 Å². The van der Waals surface area contributed by atoms with Gasteiger partial charge in [-0.15, -0.1) is 0 Å². The molecule has 1 saturated heterocycles. The van der Waals surface area contributed by atoms with E-state index in [0.717, 1.165) is 28.8 Å². The van der Waals surface area contributed by atoms with Crippen molar-refractivity contribution in [3.63, 3.8) is 0 Å². The largest absolute Gasteiger partial charge is 0.491 e. The predicted octanol–water partition coefficient (Wildman–Crippen LogP) is 4.85. The van der Waals surface area contributed by atoms with Gasteiger partial charge >= 0.3 is 0 Å². The van der Waals surface area contributed by atoms with Crippen molar-refractivity contribution < 1.29 is 4.74 Å². The van der Waals surface area contributed by atoms with Crippen LogP contribution in [0.4, 0.5) is 0 Å². The minimum absolute atomic E-state index is 0.0300. The Hall–Kier alpha value is -2.01. The Labute approximate surface area is 159 Å². The summed E-state index contributed by atoms with van der Waals surface area (Å²) in [4.78, 5) is 12.2. The van der Waals surface area contributed by atoms with E-state index < -0.39 is 0 Å². The number of hydrogen-bond donors (Lipinski definition) is 0. The molecule has 0 amide bonds. The highest BCUT2D eigenvalue weighted by Crippen LogP contribution is 2.48. The van der Waals surface area contributed by atoms with Crippen LogP contribution in [-0.4, -0.2) is 33.0 Å². The summed E-state index contributed by atoms with van der Waals surface area (Å²) in [6, 6.07) is 15.3. The summed E-state index contributed by atoms with van der Waals surface area (Å²) in [7, 11) is 0. The molecule has 1 aromatic carbocycles. The summed E-state index contributed by atoms with van der Waals surface area (Å²) in [6.07, 6.45) is 3.15. The lowest BCUT2D eigenvalue weighted by atomic mass is 9.95. The molecule has 0 aliphatic carbocycles. The van der Waals surface area contributed by atoms with Gasteiger partial charge in [0.15, 0.2) is 5.17 Å². The van der Waals surface area contributed by atoms with E-state index in [4.69, 9.17) is 9.73 Å². The molecule has 2 aromatic rings. The molecule has 4 nitrogen and oxygen atoms in total. The van der Waals surface area contributed by atoms with Crippen molar-refractivity contribution in [1.29, 1.82) is 0 Å². The van der Waals surface area contributed by atoms with Gasteiger partial charge in [-0.05, 0) is 50.1 Å². The third kappa shape index (κ3) is 3.20. The Kier molecular flexibility index (Phi) is 4.90. The number of nitrogens with zero attached hydrogens (tertiary/aromatic N) is 3. The number of hydrogen-bond acceptors (Lipinski definition) is 5. The van der Waals surface area contributed by atoms with Gasteiger partial charge in [0.2, 0.25) is 0 Å². The summed E-state index contributed by atoms with van der Waals surface area (Å²) < 4.78 is 5.94. The topological polar surface area (TPSA) is 37.7 Å². The smallest absolute Gasteiger partial charge is 0.160 e. The van der Waals surface area contributed by atoms with Crippen molar-refractivity contribution in [2.45, 2.75) is 51.4 Å². The van der Waals surface area contributed by atoms with Crippen LogP contribution in [0.1, 0.15) is 50.5 Å². The van der Waals surface area contributed by atoms with Crippen molar-refractivity contribution >= 4 is 16.9 Å². The number of aliphatic imine (C=N–C) groups is 1. The van der Waals surface area contributed by atoms with E-state index in [9.17, 15) is 0 Å². The minimum atomic E-state index is 0.0300. The second kappa shape index (κ2) is 7.31. The lowest BCUT2D eigenvalue weighted by Crippen LogP contribution is -2.35. The number of rotatable bonds is 5. The average molecular weight is 368 g/mol. The summed E-state index contributed by atoms with van der Waals surface area (Å²) in [5.41, 5.74) is 2.28. The summed E-state index contributed by atoms with van der Waals surface area (Å²) in [5.74, 6) is 2.04. The first kappa shape index (κ1) is 17.4. The van der Waals surface area contributed by atoms with Crippen LogP contribution < -0.4 is 4.74 Å². The van der Waals surface area contributed by atoms with E-state index in [1.807, 2.05) is 36.2 Å². The molecule has 2 aliphatic heterocycles. The van der Waals surface area contributed by atoms with E-state index in [0.29, 0.717) is 6.04 Å². The maximum Gasteiger partial charge on any atom is 0.160 e. The highest BCUT2D eigenvalue weighted by molar-refractivity contribution is 8.14. The van der Waals surface area contributed by atoms with Crippen LogP contribution in [0.25, 0.3) is 0 Å². The first-order valence-electron chi connectivity index (χ1n) is 9.34. The normalized spacial score (nSPS) is 24.7. The fourth-order valence-corrected chi connectivity index (χ4v) is 5.09. The number of amidine groups is 1. The molecule has 4 rings (SSSR count). The predicted molar refractivity (Wildman–Crippen MR) is 108 cm³/mol. The second-order valence-electron chi connectivity index (χ2n) is 7.08. The van der Waals surface area contributed by atoms with Gasteiger partial charge in [-0.3, -0.25) is 9.98 Å². The van der Waals surface area contributed by atoms with Crippen LogP contribution in [0.2, 0.25) is 0 Å². The van der Waals surface area contributed by atoms with Crippen LogP contribution in [-0.2, 0) is 0 Å². The van der Waals surface area contributed by atoms with E-state index in [-0.39, 0.29) is 18.2 Å². The molecule has 136 valence electrons. The van der Waals surface area contributed by atoms with E-state index in [1.54, 1.807) is 0 Å². The molecule has 26 heavy (non-hydrogen) atoms. The van der Waals surface area contributed by atoms with Gasteiger partial charge < -0.3 is 9.64 Å². The van der Waals surface area contributed by atoms with Gasteiger partial charge in [-0.2, -0.15) is 0 Å². The number of aromatic nitrogens is 1. The molecule has 3 atom stereocenters. The molecule has 3 heterocycles. The van der Waals surface area contributed by atoms with E-state index in [2.05, 4.69) is 54.9 Å². The van der Waals surface area contributed by atoms with Crippen LogP contribution in [0.5, 0.6) is 5.75 Å². The Balaban J connectivity index is 1.75.